The van der Waals surface area contributed by atoms with Gasteiger partial charge in [-0.3, -0.25) is 0 Å². The first-order valence-corrected chi connectivity index (χ1v) is 6.63. The van der Waals surface area contributed by atoms with Crippen LogP contribution in [0.3, 0.4) is 0 Å². The summed E-state index contributed by atoms with van der Waals surface area (Å²) in [6.45, 7) is 2.01. The molecule has 5 heteroatoms. The number of carbonyl (C=O) groups excluding carboxylic acids is 1. The van der Waals surface area contributed by atoms with Crippen molar-refractivity contribution >= 4 is 6.09 Å². The fraction of sp³-hybridized carbons (Fsp3) is 0.333. The summed E-state index contributed by atoms with van der Waals surface area (Å²) in [6, 6.07) is 9.51. The van der Waals surface area contributed by atoms with E-state index < -0.39 is 6.09 Å². The van der Waals surface area contributed by atoms with Gasteiger partial charge < -0.3 is 14.9 Å². The molecule has 2 N–H and O–H groups in total. The lowest BCUT2D eigenvalue weighted by atomic mass is 10.0. The Labute approximate surface area is 117 Å². The number of primary amides is 1. The number of aryl methyl sites for hydroxylation is 2. The van der Waals surface area contributed by atoms with Gasteiger partial charge in [-0.15, -0.1) is 0 Å². The van der Waals surface area contributed by atoms with Gasteiger partial charge in [-0.1, -0.05) is 37.3 Å². The molecule has 0 aliphatic rings. The fourth-order valence-electron chi connectivity index (χ4n) is 1.98. The van der Waals surface area contributed by atoms with Crippen molar-refractivity contribution in [3.63, 3.8) is 0 Å². The molecule has 2 aromatic rings. The zero-order chi connectivity index (χ0) is 14.4. The van der Waals surface area contributed by atoms with Gasteiger partial charge in [0.15, 0.2) is 5.89 Å². The maximum Gasteiger partial charge on any atom is 0.405 e. The summed E-state index contributed by atoms with van der Waals surface area (Å²) in [5, 5.41) is 0. The molecule has 1 aromatic carbocycles. The van der Waals surface area contributed by atoms with Crippen molar-refractivity contribution in [1.29, 1.82) is 0 Å². The average molecular weight is 274 g/mol. The molecule has 5 nitrogen and oxygen atoms in total. The highest BCUT2D eigenvalue weighted by Crippen LogP contribution is 2.23. The predicted molar refractivity (Wildman–Crippen MR) is 74.1 cm³/mol. The van der Waals surface area contributed by atoms with Gasteiger partial charge in [0.2, 0.25) is 0 Å². The number of oxazole rings is 1. The minimum absolute atomic E-state index is 0.384. The van der Waals surface area contributed by atoms with Gasteiger partial charge in [-0.25, -0.2) is 9.78 Å². The lowest BCUT2D eigenvalue weighted by Crippen LogP contribution is -2.18. The summed E-state index contributed by atoms with van der Waals surface area (Å²) in [5.41, 5.74) is 6.04. The molecular formula is C15H18N2O3. The molecule has 0 saturated heterocycles. The van der Waals surface area contributed by atoms with E-state index in [1.807, 2.05) is 37.3 Å². The summed E-state index contributed by atoms with van der Waals surface area (Å²) in [4.78, 5) is 15.2. The Morgan fingerprint density at radius 2 is 2.15 bits per heavy atom. The Morgan fingerprint density at radius 1 is 1.40 bits per heavy atom. The first kappa shape index (κ1) is 14.1. The Bertz CT molecular complexity index is 551. The molecule has 2 rings (SSSR count). The molecule has 0 aliphatic heterocycles. The van der Waals surface area contributed by atoms with E-state index in [2.05, 4.69) is 4.98 Å². The summed E-state index contributed by atoms with van der Waals surface area (Å²) < 4.78 is 10.7. The van der Waals surface area contributed by atoms with Crippen LogP contribution in [0.5, 0.6) is 0 Å². The Morgan fingerprint density at radius 3 is 2.75 bits per heavy atom. The lowest BCUT2D eigenvalue weighted by molar-refractivity contribution is 0.100. The largest absolute Gasteiger partial charge is 0.446 e. The van der Waals surface area contributed by atoms with Gasteiger partial charge in [0.1, 0.15) is 11.9 Å². The highest BCUT2D eigenvalue weighted by Gasteiger charge is 2.16. The molecule has 20 heavy (non-hydrogen) atoms. The molecule has 0 radical (unpaired) electrons. The first-order valence-electron chi connectivity index (χ1n) is 6.63. The molecule has 1 aromatic heterocycles. The molecular weight excluding hydrogens is 256 g/mol. The summed E-state index contributed by atoms with van der Waals surface area (Å²) in [7, 11) is 0. The van der Waals surface area contributed by atoms with Crippen LogP contribution in [-0.2, 0) is 17.6 Å². The number of hydrogen-bond donors (Lipinski definition) is 1. The maximum absolute atomic E-state index is 11.0. The smallest absolute Gasteiger partial charge is 0.405 e. The van der Waals surface area contributed by atoms with E-state index in [9.17, 15) is 4.79 Å². The van der Waals surface area contributed by atoms with Crippen molar-refractivity contribution in [2.45, 2.75) is 32.3 Å². The molecule has 1 heterocycles. The molecule has 1 unspecified atom stereocenters. The zero-order valence-electron chi connectivity index (χ0n) is 11.4. The number of nitrogens with zero attached hydrogens (tertiary/aromatic N) is 1. The van der Waals surface area contributed by atoms with Crippen molar-refractivity contribution in [2.75, 3.05) is 0 Å². The predicted octanol–water partition coefficient (Wildman–Crippen LogP) is 3.01. The van der Waals surface area contributed by atoms with Crippen LogP contribution in [0.1, 0.15) is 36.7 Å². The van der Waals surface area contributed by atoms with Gasteiger partial charge in [0.25, 0.3) is 0 Å². The van der Waals surface area contributed by atoms with Gasteiger partial charge >= 0.3 is 6.09 Å². The average Bonchev–Trinajstić information content (AvgIpc) is 2.92. The summed E-state index contributed by atoms with van der Waals surface area (Å²) in [5.74, 6) is 1.50. The van der Waals surface area contributed by atoms with Crippen LogP contribution in [-0.4, -0.2) is 11.1 Å². The third-order valence-electron chi connectivity index (χ3n) is 3.00. The first-order chi connectivity index (χ1) is 9.69. The molecule has 1 amide bonds. The Hall–Kier alpha value is -2.30. The highest BCUT2D eigenvalue weighted by molar-refractivity contribution is 5.65. The second-order valence-electron chi connectivity index (χ2n) is 4.45. The number of nitrogens with two attached hydrogens (primary N) is 1. The summed E-state index contributed by atoms with van der Waals surface area (Å²) in [6.07, 6.45) is 2.55. The number of rotatable bonds is 6. The van der Waals surface area contributed by atoms with Crippen molar-refractivity contribution < 1.29 is 13.9 Å². The van der Waals surface area contributed by atoms with E-state index in [0.717, 1.165) is 17.7 Å². The van der Waals surface area contributed by atoms with E-state index >= 15 is 0 Å². The van der Waals surface area contributed by atoms with Crippen LogP contribution in [0.15, 0.2) is 40.9 Å². The van der Waals surface area contributed by atoms with Gasteiger partial charge in [0, 0.05) is 12.8 Å². The minimum Gasteiger partial charge on any atom is -0.446 e. The topological polar surface area (TPSA) is 78.4 Å². The number of aromatic nitrogens is 1. The van der Waals surface area contributed by atoms with Crippen LogP contribution in [0, 0.1) is 0 Å². The van der Waals surface area contributed by atoms with E-state index in [4.69, 9.17) is 14.9 Å². The standard InChI is InChI=1S/C15H18N2O3/c1-2-12-10-17-14(19-12)9-8-13(20-15(16)18)11-6-4-3-5-7-11/h3-7,10,13H,2,8-9H2,1H3,(H2,16,18). The van der Waals surface area contributed by atoms with E-state index in [1.54, 1.807) is 6.20 Å². The van der Waals surface area contributed by atoms with Crippen molar-refractivity contribution in [1.82, 2.24) is 4.98 Å². The zero-order valence-corrected chi connectivity index (χ0v) is 11.4. The van der Waals surface area contributed by atoms with Crippen molar-refractivity contribution in [3.8, 4) is 0 Å². The third-order valence-corrected chi connectivity index (χ3v) is 3.00. The normalized spacial score (nSPS) is 12.1. The second-order valence-corrected chi connectivity index (χ2v) is 4.45. The van der Waals surface area contributed by atoms with Crippen LogP contribution in [0.25, 0.3) is 0 Å². The number of hydrogen-bond acceptors (Lipinski definition) is 4. The monoisotopic (exact) mass is 274 g/mol. The van der Waals surface area contributed by atoms with Crippen molar-refractivity contribution in [3.05, 3.63) is 53.7 Å². The van der Waals surface area contributed by atoms with Gasteiger partial charge in [-0.05, 0) is 12.0 Å². The highest BCUT2D eigenvalue weighted by atomic mass is 16.6. The quantitative estimate of drug-likeness (QED) is 0.878. The second kappa shape index (κ2) is 6.75. The fourth-order valence-corrected chi connectivity index (χ4v) is 1.98. The molecule has 0 saturated carbocycles. The Balaban J connectivity index is 2.02. The van der Waals surface area contributed by atoms with E-state index in [1.165, 1.54) is 0 Å². The number of amides is 1. The van der Waals surface area contributed by atoms with Crippen molar-refractivity contribution in [2.24, 2.45) is 5.73 Å². The maximum atomic E-state index is 11.0. The van der Waals surface area contributed by atoms with Gasteiger partial charge in [-0.2, -0.15) is 0 Å². The van der Waals surface area contributed by atoms with Gasteiger partial charge in [0.05, 0.1) is 6.20 Å². The Kier molecular flexibility index (Phi) is 4.76. The van der Waals surface area contributed by atoms with E-state index in [-0.39, 0.29) is 6.10 Å². The van der Waals surface area contributed by atoms with Crippen LogP contribution in [0.4, 0.5) is 4.79 Å². The molecule has 1 atom stereocenters. The molecule has 0 spiro atoms. The number of benzene rings is 1. The van der Waals surface area contributed by atoms with Crippen LogP contribution >= 0.6 is 0 Å². The molecule has 0 aliphatic carbocycles. The van der Waals surface area contributed by atoms with Crippen LogP contribution < -0.4 is 5.73 Å². The number of carbonyl (C=O) groups is 1. The van der Waals surface area contributed by atoms with E-state index in [0.29, 0.717) is 18.7 Å². The molecule has 106 valence electrons. The third kappa shape index (κ3) is 3.85. The lowest BCUT2D eigenvalue weighted by Gasteiger charge is -2.16. The van der Waals surface area contributed by atoms with Crippen LogP contribution in [0.2, 0.25) is 0 Å². The minimum atomic E-state index is -0.777. The number of ether oxygens (including phenoxy) is 1. The SMILES string of the molecule is CCc1cnc(CCC(OC(N)=O)c2ccccc2)o1. The molecule has 0 fully saturated rings. The summed E-state index contributed by atoms with van der Waals surface area (Å²) >= 11 is 0. The molecule has 0 bridgehead atoms.